The second-order valence-electron chi connectivity index (χ2n) is 6.40. The van der Waals surface area contributed by atoms with E-state index < -0.39 is 6.09 Å². The van der Waals surface area contributed by atoms with E-state index in [4.69, 9.17) is 20.8 Å². The van der Waals surface area contributed by atoms with Crippen LogP contribution in [0.15, 0.2) is 40.8 Å². The molecule has 1 N–H and O–H groups in total. The van der Waals surface area contributed by atoms with Gasteiger partial charge >= 0.3 is 6.09 Å². The van der Waals surface area contributed by atoms with Gasteiger partial charge in [-0.1, -0.05) is 11.6 Å². The average Bonchev–Trinajstić information content (AvgIpc) is 3.05. The van der Waals surface area contributed by atoms with Gasteiger partial charge in [-0.2, -0.15) is 0 Å². The number of hydrogen-bond donors (Lipinski definition) is 1. The van der Waals surface area contributed by atoms with Crippen molar-refractivity contribution in [3.05, 3.63) is 41.4 Å². The van der Waals surface area contributed by atoms with Gasteiger partial charge in [0.05, 0.1) is 0 Å². The number of carbonyl (C=O) groups excluding carboxylic acids is 1. The predicted octanol–water partition coefficient (Wildman–Crippen LogP) is 3.78. The number of rotatable bonds is 3. The molecule has 1 atom stereocenters. The quantitative estimate of drug-likeness (QED) is 0.918. The van der Waals surface area contributed by atoms with Crippen LogP contribution in [0, 0.1) is 5.92 Å². The number of piperidine rings is 3. The highest BCUT2D eigenvalue weighted by atomic mass is 35.5. The van der Waals surface area contributed by atoms with Gasteiger partial charge in [0.15, 0.2) is 0 Å². The SMILES string of the molecule is O=C(N[C@H]1CN2CCC1CC2)Oc1ccc(-c2ccc(Cl)cc2)o1. The second-order valence-corrected chi connectivity index (χ2v) is 6.84. The van der Waals surface area contributed by atoms with Crippen LogP contribution in [-0.4, -0.2) is 36.7 Å². The highest BCUT2D eigenvalue weighted by Gasteiger charge is 2.35. The van der Waals surface area contributed by atoms with Gasteiger partial charge in [-0.3, -0.25) is 0 Å². The lowest BCUT2D eigenvalue weighted by molar-refractivity contribution is 0.0715. The zero-order valence-electron chi connectivity index (χ0n) is 13.2. The number of nitrogens with zero attached hydrogens (tertiary/aromatic N) is 1. The van der Waals surface area contributed by atoms with Gasteiger partial charge in [0.25, 0.3) is 5.95 Å². The van der Waals surface area contributed by atoms with E-state index in [-0.39, 0.29) is 12.0 Å². The molecule has 0 aliphatic carbocycles. The average molecular weight is 347 g/mol. The Morgan fingerprint density at radius 1 is 1.17 bits per heavy atom. The van der Waals surface area contributed by atoms with Gasteiger partial charge in [0, 0.05) is 29.2 Å². The van der Waals surface area contributed by atoms with Crippen LogP contribution in [0.5, 0.6) is 5.95 Å². The molecule has 0 radical (unpaired) electrons. The fraction of sp³-hybridized carbons (Fsp3) is 0.389. The third-order valence-electron chi connectivity index (χ3n) is 4.86. The first-order chi connectivity index (χ1) is 11.7. The molecular formula is C18H19ClN2O3. The van der Waals surface area contributed by atoms with Crippen LogP contribution in [-0.2, 0) is 0 Å². The second kappa shape index (κ2) is 6.49. The van der Waals surface area contributed by atoms with E-state index in [0.717, 1.165) is 38.0 Å². The summed E-state index contributed by atoms with van der Waals surface area (Å²) in [5.41, 5.74) is 0.882. The molecule has 126 valence electrons. The maximum absolute atomic E-state index is 12.1. The van der Waals surface area contributed by atoms with E-state index >= 15 is 0 Å². The molecule has 3 fully saturated rings. The first-order valence-corrected chi connectivity index (χ1v) is 8.62. The lowest BCUT2D eigenvalue weighted by Gasteiger charge is -2.44. The summed E-state index contributed by atoms with van der Waals surface area (Å²) in [6, 6.07) is 10.9. The fourth-order valence-electron chi connectivity index (χ4n) is 3.55. The third kappa shape index (κ3) is 3.28. The van der Waals surface area contributed by atoms with E-state index in [1.807, 2.05) is 12.1 Å². The molecule has 4 heterocycles. The molecule has 1 aromatic heterocycles. The van der Waals surface area contributed by atoms with Crippen molar-refractivity contribution in [2.75, 3.05) is 19.6 Å². The summed E-state index contributed by atoms with van der Waals surface area (Å²) in [7, 11) is 0. The molecular weight excluding hydrogens is 328 g/mol. The van der Waals surface area contributed by atoms with Gasteiger partial charge < -0.3 is 19.4 Å². The molecule has 24 heavy (non-hydrogen) atoms. The number of amides is 1. The van der Waals surface area contributed by atoms with Crippen LogP contribution in [0.25, 0.3) is 11.3 Å². The van der Waals surface area contributed by atoms with Crippen LogP contribution < -0.4 is 10.1 Å². The van der Waals surface area contributed by atoms with Crippen LogP contribution in [0.4, 0.5) is 4.79 Å². The van der Waals surface area contributed by atoms with Crippen LogP contribution in [0.3, 0.4) is 0 Å². The number of halogens is 1. The maximum Gasteiger partial charge on any atom is 0.415 e. The van der Waals surface area contributed by atoms with Crippen LogP contribution in [0.2, 0.25) is 5.02 Å². The Bertz CT molecular complexity index is 720. The van der Waals surface area contributed by atoms with Crippen molar-refractivity contribution >= 4 is 17.7 Å². The smallest absolute Gasteiger partial charge is 0.415 e. The first-order valence-electron chi connectivity index (χ1n) is 8.24. The monoisotopic (exact) mass is 346 g/mol. The van der Waals surface area contributed by atoms with Crippen molar-refractivity contribution in [2.24, 2.45) is 5.92 Å². The number of hydrogen-bond acceptors (Lipinski definition) is 4. The van der Waals surface area contributed by atoms with Crippen molar-refractivity contribution in [3.8, 4) is 17.3 Å². The normalized spacial score (nSPS) is 25.5. The van der Waals surface area contributed by atoms with Gasteiger partial charge in [0.1, 0.15) is 5.76 Å². The van der Waals surface area contributed by atoms with E-state index in [2.05, 4.69) is 10.2 Å². The Labute approximate surface area is 145 Å². The van der Waals surface area contributed by atoms with Crippen molar-refractivity contribution in [3.63, 3.8) is 0 Å². The molecule has 6 heteroatoms. The summed E-state index contributed by atoms with van der Waals surface area (Å²) in [4.78, 5) is 14.5. The highest BCUT2D eigenvalue weighted by molar-refractivity contribution is 6.30. The fourth-order valence-corrected chi connectivity index (χ4v) is 3.67. The zero-order valence-corrected chi connectivity index (χ0v) is 14.0. The Balaban J connectivity index is 1.37. The maximum atomic E-state index is 12.1. The zero-order chi connectivity index (χ0) is 16.5. The molecule has 2 bridgehead atoms. The topological polar surface area (TPSA) is 54.7 Å². The summed E-state index contributed by atoms with van der Waals surface area (Å²) in [6.07, 6.45) is 1.84. The van der Waals surface area contributed by atoms with Gasteiger partial charge in [-0.25, -0.2) is 4.79 Å². The Kier molecular flexibility index (Phi) is 4.21. The Morgan fingerprint density at radius 2 is 1.92 bits per heavy atom. The number of ether oxygens (including phenoxy) is 1. The minimum absolute atomic E-state index is 0.172. The number of nitrogens with one attached hydrogen (secondary N) is 1. The van der Waals surface area contributed by atoms with Crippen molar-refractivity contribution < 1.29 is 13.9 Å². The third-order valence-corrected chi connectivity index (χ3v) is 5.11. The van der Waals surface area contributed by atoms with E-state index in [9.17, 15) is 4.79 Å². The van der Waals surface area contributed by atoms with Crippen LogP contribution in [0.1, 0.15) is 12.8 Å². The van der Waals surface area contributed by atoms with Crippen molar-refractivity contribution in [1.29, 1.82) is 0 Å². The summed E-state index contributed by atoms with van der Waals surface area (Å²) in [6.45, 7) is 3.19. The molecule has 5 nitrogen and oxygen atoms in total. The predicted molar refractivity (Wildman–Crippen MR) is 91.3 cm³/mol. The van der Waals surface area contributed by atoms with Gasteiger partial charge in [-0.15, -0.1) is 0 Å². The highest BCUT2D eigenvalue weighted by Crippen LogP contribution is 2.29. The molecule has 3 aliphatic rings. The van der Waals surface area contributed by atoms with Gasteiger partial charge in [-0.05, 0) is 62.2 Å². The van der Waals surface area contributed by atoms with E-state index in [0.29, 0.717) is 16.7 Å². The number of furan rings is 1. The molecule has 0 spiro atoms. The standard InChI is InChI=1S/C18H19ClN2O3/c19-14-3-1-13(2-4-14)16-5-6-17(23-16)24-18(22)20-15-11-21-9-7-12(15)8-10-21/h1-6,12,15H,7-11H2,(H,20,22)/t15-/m0/s1. The molecule has 5 rings (SSSR count). The molecule has 3 saturated heterocycles. The van der Waals surface area contributed by atoms with E-state index in [1.54, 1.807) is 24.3 Å². The molecule has 2 aromatic rings. The molecule has 0 saturated carbocycles. The largest absolute Gasteiger partial charge is 0.425 e. The first kappa shape index (κ1) is 15.5. The lowest BCUT2D eigenvalue weighted by atomic mass is 9.84. The molecule has 0 unspecified atom stereocenters. The minimum atomic E-state index is -0.453. The molecule has 1 aromatic carbocycles. The summed E-state index contributed by atoms with van der Waals surface area (Å²) in [5.74, 6) is 1.39. The summed E-state index contributed by atoms with van der Waals surface area (Å²) < 4.78 is 10.9. The van der Waals surface area contributed by atoms with Crippen molar-refractivity contribution in [2.45, 2.75) is 18.9 Å². The summed E-state index contributed by atoms with van der Waals surface area (Å²) >= 11 is 5.88. The molecule has 1 amide bonds. The number of fused-ring (bicyclic) bond motifs is 3. The Morgan fingerprint density at radius 3 is 2.58 bits per heavy atom. The number of carbonyl (C=O) groups is 1. The lowest BCUT2D eigenvalue weighted by Crippen LogP contribution is -2.57. The Hall–Kier alpha value is -1.98. The molecule has 3 aliphatic heterocycles. The minimum Gasteiger partial charge on any atom is -0.425 e. The van der Waals surface area contributed by atoms with E-state index in [1.165, 1.54) is 0 Å². The van der Waals surface area contributed by atoms with Crippen molar-refractivity contribution in [1.82, 2.24) is 10.2 Å². The number of benzene rings is 1. The van der Waals surface area contributed by atoms with Crippen LogP contribution >= 0.6 is 11.6 Å². The summed E-state index contributed by atoms with van der Waals surface area (Å²) in [5, 5.41) is 3.64. The van der Waals surface area contributed by atoms with Gasteiger partial charge in [0.2, 0.25) is 0 Å².